The summed E-state index contributed by atoms with van der Waals surface area (Å²) in [5, 5.41) is 21.2. The molecule has 3 heteroatoms. The lowest BCUT2D eigenvalue weighted by molar-refractivity contribution is 0.103. The van der Waals surface area contributed by atoms with Gasteiger partial charge >= 0.3 is 0 Å². The molecule has 0 amide bonds. The average Bonchev–Trinajstić information content (AvgIpc) is 2.49. The van der Waals surface area contributed by atoms with Crippen molar-refractivity contribution in [1.29, 1.82) is 0 Å². The molecule has 0 saturated heterocycles. The van der Waals surface area contributed by atoms with Gasteiger partial charge in [-0.15, -0.1) is 0 Å². The van der Waals surface area contributed by atoms with Crippen molar-refractivity contribution in [1.82, 2.24) is 0 Å². The van der Waals surface area contributed by atoms with Gasteiger partial charge in [-0.3, -0.25) is 4.79 Å². The van der Waals surface area contributed by atoms with Gasteiger partial charge in [-0.25, -0.2) is 0 Å². The lowest BCUT2D eigenvalue weighted by Crippen LogP contribution is -2.02. The van der Waals surface area contributed by atoms with E-state index in [0.717, 1.165) is 0 Å². The summed E-state index contributed by atoms with van der Waals surface area (Å²) >= 11 is 0. The number of fused-ring (bicyclic) bond motifs is 1. The molecule has 0 fully saturated rings. The number of benzene rings is 3. The topological polar surface area (TPSA) is 57.5 Å². The van der Waals surface area contributed by atoms with E-state index >= 15 is 0 Å². The summed E-state index contributed by atoms with van der Waals surface area (Å²) in [4.78, 5) is 12.6. The molecule has 0 heterocycles. The van der Waals surface area contributed by atoms with Crippen LogP contribution in [0.4, 0.5) is 0 Å². The molecule has 2 N–H and O–H groups in total. The normalized spacial score (nSPS) is 10.6. The highest BCUT2D eigenvalue weighted by atomic mass is 16.3. The summed E-state index contributed by atoms with van der Waals surface area (Å²) in [6.07, 6.45) is 0. The Morgan fingerprint density at radius 2 is 1.50 bits per heavy atom. The maximum atomic E-state index is 12.6. The Bertz CT molecular complexity index is 792. The number of carbonyl (C=O) groups excluding carboxylic acids is 1. The molecule has 0 spiro atoms. The molecule has 20 heavy (non-hydrogen) atoms. The molecule has 0 aliphatic heterocycles. The lowest BCUT2D eigenvalue weighted by atomic mass is 9.96. The van der Waals surface area contributed by atoms with Crippen molar-refractivity contribution in [3.63, 3.8) is 0 Å². The van der Waals surface area contributed by atoms with E-state index in [1.165, 1.54) is 6.07 Å². The monoisotopic (exact) mass is 264 g/mol. The molecule has 0 aliphatic rings. The minimum atomic E-state index is -0.377. The van der Waals surface area contributed by atoms with Crippen LogP contribution in [0.5, 0.6) is 11.5 Å². The molecule has 98 valence electrons. The third-order valence-corrected chi connectivity index (χ3v) is 3.26. The minimum Gasteiger partial charge on any atom is -0.504 e. The molecule has 0 atom stereocenters. The molecule has 0 aromatic heterocycles. The fraction of sp³-hybridized carbons (Fsp3) is 0. The molecule has 0 aliphatic carbocycles. The van der Waals surface area contributed by atoms with Crippen molar-refractivity contribution in [3.8, 4) is 11.5 Å². The van der Waals surface area contributed by atoms with E-state index in [1.54, 1.807) is 42.5 Å². The number of phenols is 2. The standard InChI is InChI=1S/C17H12O3/c18-14-10-12-8-4-5-9-13(12)15(17(14)20)16(19)11-6-2-1-3-7-11/h1-10,18,20H. The molecule has 0 bridgehead atoms. The molecule has 3 rings (SSSR count). The van der Waals surface area contributed by atoms with Crippen LogP contribution in [0.2, 0.25) is 0 Å². The van der Waals surface area contributed by atoms with Crippen molar-refractivity contribution >= 4 is 16.6 Å². The third kappa shape index (κ3) is 1.89. The largest absolute Gasteiger partial charge is 0.504 e. The van der Waals surface area contributed by atoms with Gasteiger partial charge in [-0.1, -0.05) is 54.6 Å². The Balaban J connectivity index is 2.30. The molecular weight excluding hydrogens is 252 g/mol. The van der Waals surface area contributed by atoms with E-state index in [9.17, 15) is 15.0 Å². The highest BCUT2D eigenvalue weighted by Gasteiger charge is 2.19. The first-order chi connectivity index (χ1) is 9.68. The van der Waals surface area contributed by atoms with E-state index in [-0.39, 0.29) is 22.8 Å². The van der Waals surface area contributed by atoms with E-state index in [0.29, 0.717) is 16.3 Å². The maximum absolute atomic E-state index is 12.6. The van der Waals surface area contributed by atoms with Crippen LogP contribution in [-0.4, -0.2) is 16.0 Å². The smallest absolute Gasteiger partial charge is 0.197 e. The van der Waals surface area contributed by atoms with Gasteiger partial charge in [-0.05, 0) is 16.8 Å². The van der Waals surface area contributed by atoms with Gasteiger partial charge in [0, 0.05) is 5.56 Å². The molecule has 3 aromatic rings. The van der Waals surface area contributed by atoms with Crippen LogP contribution in [0.25, 0.3) is 10.8 Å². The molecule has 3 aromatic carbocycles. The second-order valence-corrected chi connectivity index (χ2v) is 4.54. The predicted octanol–water partition coefficient (Wildman–Crippen LogP) is 3.48. The zero-order valence-electron chi connectivity index (χ0n) is 10.6. The minimum absolute atomic E-state index is 0.131. The number of aromatic hydroxyl groups is 2. The Hall–Kier alpha value is -2.81. The van der Waals surface area contributed by atoms with Gasteiger partial charge in [-0.2, -0.15) is 0 Å². The fourth-order valence-electron chi connectivity index (χ4n) is 2.29. The first kappa shape index (κ1) is 12.2. The van der Waals surface area contributed by atoms with Crippen LogP contribution in [0.1, 0.15) is 15.9 Å². The van der Waals surface area contributed by atoms with Gasteiger partial charge in [0.1, 0.15) is 0 Å². The van der Waals surface area contributed by atoms with Crippen molar-refractivity contribution in [2.24, 2.45) is 0 Å². The van der Waals surface area contributed by atoms with Crippen molar-refractivity contribution in [2.45, 2.75) is 0 Å². The number of carbonyl (C=O) groups is 1. The number of hydrogen-bond donors (Lipinski definition) is 2. The van der Waals surface area contributed by atoms with E-state index in [2.05, 4.69) is 0 Å². The summed E-state index contributed by atoms with van der Waals surface area (Å²) < 4.78 is 0. The third-order valence-electron chi connectivity index (χ3n) is 3.26. The molecule has 0 saturated carbocycles. The van der Waals surface area contributed by atoms with Gasteiger partial charge < -0.3 is 10.2 Å². The number of hydrogen-bond acceptors (Lipinski definition) is 3. The SMILES string of the molecule is O=C(c1ccccc1)c1c(O)c(O)cc2ccccc12. The highest BCUT2D eigenvalue weighted by molar-refractivity contribution is 6.18. The summed E-state index contributed by atoms with van der Waals surface area (Å²) in [5.41, 5.74) is 0.602. The highest BCUT2D eigenvalue weighted by Crippen LogP contribution is 2.36. The van der Waals surface area contributed by atoms with Crippen LogP contribution >= 0.6 is 0 Å². The van der Waals surface area contributed by atoms with Gasteiger partial charge in [0.05, 0.1) is 5.56 Å². The van der Waals surface area contributed by atoms with Crippen LogP contribution in [0, 0.1) is 0 Å². The second kappa shape index (κ2) is 4.70. The Kier molecular flexibility index (Phi) is 2.88. The van der Waals surface area contributed by atoms with Crippen molar-refractivity contribution < 1.29 is 15.0 Å². The average molecular weight is 264 g/mol. The molecule has 3 nitrogen and oxygen atoms in total. The van der Waals surface area contributed by atoms with Gasteiger partial charge in [0.15, 0.2) is 17.3 Å². The van der Waals surface area contributed by atoms with Gasteiger partial charge in [0.2, 0.25) is 0 Å². The Labute approximate surface area is 115 Å². The second-order valence-electron chi connectivity index (χ2n) is 4.54. The first-order valence-electron chi connectivity index (χ1n) is 6.22. The number of ketones is 1. The van der Waals surface area contributed by atoms with Crippen LogP contribution in [0.15, 0.2) is 60.7 Å². The maximum Gasteiger partial charge on any atom is 0.197 e. The zero-order valence-corrected chi connectivity index (χ0v) is 10.6. The first-order valence-corrected chi connectivity index (χ1v) is 6.22. The van der Waals surface area contributed by atoms with Crippen LogP contribution in [0.3, 0.4) is 0 Å². The summed E-state index contributed by atoms with van der Waals surface area (Å²) in [7, 11) is 0. The summed E-state index contributed by atoms with van der Waals surface area (Å²) in [5.74, 6) is -0.976. The predicted molar refractivity (Wildman–Crippen MR) is 77.2 cm³/mol. The summed E-state index contributed by atoms with van der Waals surface area (Å²) in [6.45, 7) is 0. The molecule has 0 unspecified atom stereocenters. The lowest BCUT2D eigenvalue weighted by Gasteiger charge is -2.10. The summed E-state index contributed by atoms with van der Waals surface area (Å²) in [6, 6.07) is 17.3. The van der Waals surface area contributed by atoms with E-state index in [1.807, 2.05) is 12.1 Å². The zero-order chi connectivity index (χ0) is 14.1. The van der Waals surface area contributed by atoms with Crippen molar-refractivity contribution in [2.75, 3.05) is 0 Å². The molecule has 0 radical (unpaired) electrons. The van der Waals surface area contributed by atoms with E-state index < -0.39 is 0 Å². The van der Waals surface area contributed by atoms with Crippen molar-refractivity contribution in [3.05, 3.63) is 71.8 Å². The van der Waals surface area contributed by atoms with Gasteiger partial charge in [0.25, 0.3) is 0 Å². The number of rotatable bonds is 2. The van der Waals surface area contributed by atoms with Crippen LogP contribution < -0.4 is 0 Å². The Morgan fingerprint density at radius 3 is 2.25 bits per heavy atom. The Morgan fingerprint density at radius 1 is 0.850 bits per heavy atom. The van der Waals surface area contributed by atoms with E-state index in [4.69, 9.17) is 0 Å². The number of phenolic OH excluding ortho intramolecular Hbond substituents is 2. The fourth-order valence-corrected chi connectivity index (χ4v) is 2.29. The van der Waals surface area contributed by atoms with Crippen LogP contribution in [-0.2, 0) is 0 Å². The quantitative estimate of drug-likeness (QED) is 0.550. The molecular formula is C17H12O3.